The number of nitrogens with one attached hydrogen (secondary N) is 1. The van der Waals surface area contributed by atoms with Crippen molar-refractivity contribution in [3.05, 3.63) is 100 Å². The zero-order valence-electron chi connectivity index (χ0n) is 25.1. The maximum Gasteiger partial charge on any atom is 0.420 e. The molecule has 1 saturated heterocycles. The number of carbonyl (C=O) groups excluding carboxylic acids is 1. The van der Waals surface area contributed by atoms with E-state index in [1.165, 1.54) is 22.3 Å². The number of amides is 1. The molecule has 45 heavy (non-hydrogen) atoms. The summed E-state index contributed by atoms with van der Waals surface area (Å²) in [4.78, 5) is 25.1. The zero-order valence-corrected chi connectivity index (χ0v) is 25.9. The number of piperazine rings is 1. The van der Waals surface area contributed by atoms with Crippen LogP contribution in [0.5, 0.6) is 0 Å². The second kappa shape index (κ2) is 12.2. The molecular weight excluding hydrogens is 603 g/mol. The number of alkyl halides is 3. The van der Waals surface area contributed by atoms with E-state index in [0.717, 1.165) is 11.3 Å². The molecule has 2 heterocycles. The highest BCUT2D eigenvalue weighted by Gasteiger charge is 2.37. The molecule has 1 aromatic heterocycles. The molecule has 0 spiro atoms. The lowest BCUT2D eigenvalue weighted by molar-refractivity contribution is -0.137. The quantitative estimate of drug-likeness (QED) is 0.215. The van der Waals surface area contributed by atoms with Crippen LogP contribution in [0.3, 0.4) is 0 Å². The SMILES string of the molecule is CCc1cc(N2C[C@@H](C)N(C(=O)OCC3c4ccccc4-c4ccccc43)[C@@H](C)C2)ccc1Nc1ncc(C(F)(F)F)c(Cl)n1. The Kier molecular flexibility index (Phi) is 8.35. The van der Waals surface area contributed by atoms with E-state index >= 15 is 0 Å². The molecule has 2 atom stereocenters. The molecule has 1 N–H and O–H groups in total. The van der Waals surface area contributed by atoms with Gasteiger partial charge < -0.3 is 15.0 Å². The molecule has 1 amide bonds. The fourth-order valence-corrected chi connectivity index (χ4v) is 6.72. The minimum absolute atomic E-state index is 0.00292. The first kappa shape index (κ1) is 30.7. The van der Waals surface area contributed by atoms with Gasteiger partial charge in [0.1, 0.15) is 17.3 Å². The number of anilines is 3. The van der Waals surface area contributed by atoms with Crippen molar-refractivity contribution in [3.63, 3.8) is 0 Å². The van der Waals surface area contributed by atoms with Crippen molar-refractivity contribution >= 4 is 35.0 Å². The molecule has 11 heteroatoms. The molecule has 0 unspecified atom stereocenters. The highest BCUT2D eigenvalue weighted by atomic mass is 35.5. The number of ether oxygens (including phenoxy) is 1. The number of nitrogens with zero attached hydrogens (tertiary/aromatic N) is 4. The Hall–Kier alpha value is -4.31. The van der Waals surface area contributed by atoms with E-state index in [0.29, 0.717) is 31.4 Å². The van der Waals surface area contributed by atoms with Gasteiger partial charge in [0.05, 0.1) is 12.1 Å². The van der Waals surface area contributed by atoms with Gasteiger partial charge in [0, 0.05) is 36.6 Å². The van der Waals surface area contributed by atoms with Crippen molar-refractivity contribution in [3.8, 4) is 11.1 Å². The summed E-state index contributed by atoms with van der Waals surface area (Å²) in [6.07, 6.45) is -3.61. The molecule has 1 aliphatic heterocycles. The Bertz CT molecular complexity index is 1680. The molecule has 1 fully saturated rings. The highest BCUT2D eigenvalue weighted by Crippen LogP contribution is 2.44. The number of rotatable bonds is 6. The van der Waals surface area contributed by atoms with Gasteiger partial charge in [-0.2, -0.15) is 13.2 Å². The molecule has 0 saturated carbocycles. The van der Waals surface area contributed by atoms with Gasteiger partial charge in [-0.05, 0) is 66.3 Å². The van der Waals surface area contributed by atoms with Gasteiger partial charge in [0.25, 0.3) is 0 Å². The predicted molar refractivity (Wildman–Crippen MR) is 169 cm³/mol. The maximum atomic E-state index is 13.5. The molecule has 234 valence electrons. The summed E-state index contributed by atoms with van der Waals surface area (Å²) in [5.74, 6) is -0.0220. The molecule has 4 aromatic rings. The van der Waals surface area contributed by atoms with Gasteiger partial charge in [0.2, 0.25) is 5.95 Å². The number of hydrogen-bond donors (Lipinski definition) is 1. The van der Waals surface area contributed by atoms with Crippen molar-refractivity contribution in [2.24, 2.45) is 0 Å². The number of fused-ring (bicyclic) bond motifs is 3. The number of halogens is 4. The molecule has 7 nitrogen and oxygen atoms in total. The van der Waals surface area contributed by atoms with E-state index in [2.05, 4.69) is 44.5 Å². The Morgan fingerprint density at radius 1 is 1.00 bits per heavy atom. The van der Waals surface area contributed by atoms with Gasteiger partial charge in [-0.3, -0.25) is 4.90 Å². The lowest BCUT2D eigenvalue weighted by atomic mass is 9.98. The first-order valence-corrected chi connectivity index (χ1v) is 15.3. The largest absolute Gasteiger partial charge is 0.448 e. The first-order valence-electron chi connectivity index (χ1n) is 14.9. The number of hydrogen-bond acceptors (Lipinski definition) is 6. The molecule has 0 radical (unpaired) electrons. The Labute approximate surface area is 265 Å². The monoisotopic (exact) mass is 635 g/mol. The summed E-state index contributed by atoms with van der Waals surface area (Å²) in [7, 11) is 0. The average Bonchev–Trinajstić information content (AvgIpc) is 3.33. The van der Waals surface area contributed by atoms with Gasteiger partial charge in [-0.25, -0.2) is 14.8 Å². The summed E-state index contributed by atoms with van der Waals surface area (Å²) in [6, 6.07) is 22.2. The Morgan fingerprint density at radius 3 is 2.20 bits per heavy atom. The second-order valence-electron chi connectivity index (χ2n) is 11.5. The van der Waals surface area contributed by atoms with Crippen LogP contribution in [0.15, 0.2) is 72.9 Å². The van der Waals surface area contributed by atoms with Crippen LogP contribution in [-0.4, -0.2) is 52.7 Å². The molecule has 3 aromatic carbocycles. The lowest BCUT2D eigenvalue weighted by Gasteiger charge is -2.44. The fraction of sp³-hybridized carbons (Fsp3) is 0.324. The van der Waals surface area contributed by atoms with Gasteiger partial charge in [-0.15, -0.1) is 0 Å². The van der Waals surface area contributed by atoms with Gasteiger partial charge in [0.15, 0.2) is 0 Å². The average molecular weight is 636 g/mol. The van der Waals surface area contributed by atoms with Gasteiger partial charge >= 0.3 is 12.3 Å². The van der Waals surface area contributed by atoms with Crippen LogP contribution in [-0.2, 0) is 17.3 Å². The van der Waals surface area contributed by atoms with Crippen molar-refractivity contribution in [1.82, 2.24) is 14.9 Å². The number of aryl methyl sites for hydroxylation is 1. The van der Waals surface area contributed by atoms with E-state index in [-0.39, 0.29) is 36.7 Å². The third kappa shape index (κ3) is 6.03. The molecule has 0 bridgehead atoms. The standard InChI is InChI=1S/C34H33ClF3N5O2/c1-4-22-15-23(13-14-30(22)40-32-39-16-29(31(35)41-32)34(36,37)38)42-17-20(2)43(21(3)18-42)33(44)45-19-28-26-11-7-5-9-24(26)25-10-6-8-12-27(25)28/h5-16,20-21,28H,4,17-19H2,1-3H3,(H,39,40,41)/t20-,21+. The van der Waals surface area contributed by atoms with E-state index in [9.17, 15) is 18.0 Å². The van der Waals surface area contributed by atoms with Crippen molar-refractivity contribution in [1.29, 1.82) is 0 Å². The van der Waals surface area contributed by atoms with Crippen LogP contribution in [0.25, 0.3) is 11.1 Å². The third-order valence-electron chi connectivity index (χ3n) is 8.59. The second-order valence-corrected chi connectivity index (χ2v) is 11.9. The number of carbonyl (C=O) groups is 1. The van der Waals surface area contributed by atoms with E-state index < -0.39 is 16.9 Å². The molecular formula is C34H33ClF3N5O2. The molecule has 6 rings (SSSR count). The first-order chi connectivity index (χ1) is 21.5. The van der Waals surface area contributed by atoms with Gasteiger partial charge in [-0.1, -0.05) is 67.1 Å². The van der Waals surface area contributed by atoms with Crippen molar-refractivity contribution < 1.29 is 22.7 Å². The summed E-state index contributed by atoms with van der Waals surface area (Å²) >= 11 is 5.78. The van der Waals surface area contributed by atoms with Crippen LogP contribution in [0.2, 0.25) is 5.15 Å². The Balaban J connectivity index is 1.12. The summed E-state index contributed by atoms with van der Waals surface area (Å²) in [6.45, 7) is 7.53. The highest BCUT2D eigenvalue weighted by molar-refractivity contribution is 6.30. The molecule has 1 aliphatic carbocycles. The fourth-order valence-electron chi connectivity index (χ4n) is 6.49. The zero-order chi connectivity index (χ0) is 31.9. The van der Waals surface area contributed by atoms with E-state index in [1.54, 1.807) is 0 Å². The normalized spacial score (nSPS) is 18.0. The van der Waals surface area contributed by atoms with Crippen molar-refractivity contribution in [2.45, 2.75) is 51.4 Å². The van der Waals surface area contributed by atoms with Crippen LogP contribution in [0.1, 0.15) is 48.9 Å². The number of benzene rings is 3. The minimum atomic E-state index is -4.63. The topological polar surface area (TPSA) is 70.6 Å². The summed E-state index contributed by atoms with van der Waals surface area (Å²) in [5.41, 5.74) is 6.24. The third-order valence-corrected chi connectivity index (χ3v) is 8.88. The van der Waals surface area contributed by atoms with Crippen LogP contribution < -0.4 is 10.2 Å². The van der Waals surface area contributed by atoms with Crippen molar-refractivity contribution in [2.75, 3.05) is 29.9 Å². The summed E-state index contributed by atoms with van der Waals surface area (Å²) < 4.78 is 45.1. The number of aromatic nitrogens is 2. The van der Waals surface area contributed by atoms with Crippen LogP contribution >= 0.6 is 11.6 Å². The lowest BCUT2D eigenvalue weighted by Crippen LogP contribution is -2.59. The Morgan fingerprint density at radius 2 is 1.62 bits per heavy atom. The minimum Gasteiger partial charge on any atom is -0.448 e. The summed E-state index contributed by atoms with van der Waals surface area (Å²) in [5, 5.41) is 2.34. The predicted octanol–water partition coefficient (Wildman–Crippen LogP) is 8.30. The van der Waals surface area contributed by atoms with Crippen LogP contribution in [0.4, 0.5) is 35.3 Å². The van der Waals surface area contributed by atoms with E-state index in [4.69, 9.17) is 16.3 Å². The maximum absolute atomic E-state index is 13.5. The van der Waals surface area contributed by atoms with E-state index in [1.807, 2.05) is 68.1 Å². The molecule has 2 aliphatic rings. The van der Waals surface area contributed by atoms with Crippen LogP contribution in [0, 0.1) is 0 Å². The smallest absolute Gasteiger partial charge is 0.420 e.